The fraction of sp³-hybridized carbons (Fsp3) is 1.00. The van der Waals surface area contributed by atoms with Crippen molar-refractivity contribution in [3.05, 3.63) is 0 Å². The van der Waals surface area contributed by atoms with Gasteiger partial charge in [0, 0.05) is 0 Å². The van der Waals surface area contributed by atoms with Crippen molar-refractivity contribution in [3.63, 3.8) is 0 Å². The Labute approximate surface area is 105 Å². The molecule has 1 N–H and O–H groups in total. The summed E-state index contributed by atoms with van der Waals surface area (Å²) in [5.74, 6) is 0. The highest BCUT2D eigenvalue weighted by molar-refractivity contribution is 6.74. The molecule has 0 unspecified atom stereocenters. The lowest BCUT2D eigenvalue weighted by atomic mass is 10.2. The van der Waals surface area contributed by atoms with Crippen LogP contribution in [0.5, 0.6) is 0 Å². The maximum Gasteiger partial charge on any atom is 0.192 e. The Bertz CT molecular complexity index is 249. The number of hydrogen-bond donors (Lipinski definition) is 1. The molecule has 0 saturated carbocycles. The van der Waals surface area contributed by atoms with Crippen molar-refractivity contribution in [1.29, 1.82) is 0 Å². The third kappa shape index (κ3) is 4.03. The maximum absolute atomic E-state index is 9.77. The Morgan fingerprint density at radius 1 is 1.35 bits per heavy atom. The standard InChI is InChI=1S/C12H26O4Si/c1-9-14-7-10(13)11(16-9)8-15-17(5,6)12(2,3)4/h9-11,13H,7-8H2,1-6H3/t9-,10-,11+/m1/s1. The molecule has 1 aliphatic rings. The van der Waals surface area contributed by atoms with Gasteiger partial charge >= 0.3 is 0 Å². The summed E-state index contributed by atoms with van der Waals surface area (Å²) in [5.41, 5.74) is 0. The predicted octanol–water partition coefficient (Wildman–Crippen LogP) is 2.13. The van der Waals surface area contributed by atoms with E-state index in [1.54, 1.807) is 0 Å². The summed E-state index contributed by atoms with van der Waals surface area (Å²) in [6.45, 7) is 13.6. The molecule has 0 aromatic heterocycles. The van der Waals surface area contributed by atoms with Crippen LogP contribution < -0.4 is 0 Å². The van der Waals surface area contributed by atoms with Crippen LogP contribution >= 0.6 is 0 Å². The SMILES string of the molecule is C[C@@H]1OC[C@@H](O)[C@H](CO[Si](C)(C)C(C)(C)C)O1. The number of aliphatic hydroxyl groups excluding tert-OH is 1. The third-order valence-corrected chi connectivity index (χ3v) is 8.21. The molecule has 1 saturated heterocycles. The van der Waals surface area contributed by atoms with E-state index in [1.807, 2.05) is 6.92 Å². The Balaban J connectivity index is 2.49. The molecule has 3 atom stereocenters. The van der Waals surface area contributed by atoms with E-state index in [1.165, 1.54) is 0 Å². The van der Waals surface area contributed by atoms with Gasteiger partial charge in [-0.15, -0.1) is 0 Å². The molecular formula is C12H26O4Si. The second kappa shape index (κ2) is 5.36. The van der Waals surface area contributed by atoms with Crippen molar-refractivity contribution in [3.8, 4) is 0 Å². The summed E-state index contributed by atoms with van der Waals surface area (Å²) in [4.78, 5) is 0. The first-order valence-corrected chi connectivity index (χ1v) is 9.13. The lowest BCUT2D eigenvalue weighted by Crippen LogP contribution is -2.49. The fourth-order valence-corrected chi connectivity index (χ4v) is 2.39. The third-order valence-electron chi connectivity index (χ3n) is 3.71. The van der Waals surface area contributed by atoms with Gasteiger partial charge in [-0.3, -0.25) is 0 Å². The molecule has 1 aliphatic heterocycles. The van der Waals surface area contributed by atoms with Crippen molar-refractivity contribution in [2.24, 2.45) is 0 Å². The number of ether oxygens (including phenoxy) is 2. The summed E-state index contributed by atoms with van der Waals surface area (Å²) in [6.07, 6.45) is -1.12. The van der Waals surface area contributed by atoms with Crippen LogP contribution in [0.3, 0.4) is 0 Å². The fourth-order valence-electron chi connectivity index (χ4n) is 1.37. The predicted molar refractivity (Wildman–Crippen MR) is 69.4 cm³/mol. The van der Waals surface area contributed by atoms with E-state index in [0.717, 1.165) is 0 Å². The molecule has 1 rings (SSSR count). The van der Waals surface area contributed by atoms with Gasteiger partial charge in [-0.2, -0.15) is 0 Å². The summed E-state index contributed by atoms with van der Waals surface area (Å²) in [7, 11) is -1.77. The first-order valence-electron chi connectivity index (χ1n) is 6.22. The van der Waals surface area contributed by atoms with Crippen LogP contribution in [0.4, 0.5) is 0 Å². The Kier molecular flexibility index (Phi) is 4.77. The molecule has 17 heavy (non-hydrogen) atoms. The van der Waals surface area contributed by atoms with Gasteiger partial charge in [0.15, 0.2) is 14.6 Å². The molecule has 0 aromatic rings. The molecule has 102 valence electrons. The van der Waals surface area contributed by atoms with Gasteiger partial charge in [0.1, 0.15) is 12.2 Å². The highest BCUT2D eigenvalue weighted by Crippen LogP contribution is 2.36. The Hall–Kier alpha value is 0.0569. The minimum atomic E-state index is -1.77. The van der Waals surface area contributed by atoms with Crippen molar-refractivity contribution in [1.82, 2.24) is 0 Å². The molecule has 0 spiro atoms. The smallest absolute Gasteiger partial charge is 0.192 e. The second-order valence-corrected chi connectivity index (χ2v) is 11.0. The van der Waals surface area contributed by atoms with Crippen molar-refractivity contribution in [2.75, 3.05) is 13.2 Å². The van der Waals surface area contributed by atoms with Crippen molar-refractivity contribution < 1.29 is 19.0 Å². The average Bonchev–Trinajstić information content (AvgIpc) is 2.18. The van der Waals surface area contributed by atoms with Crippen LogP contribution in [0.2, 0.25) is 18.1 Å². The van der Waals surface area contributed by atoms with Gasteiger partial charge < -0.3 is 19.0 Å². The average molecular weight is 262 g/mol. The van der Waals surface area contributed by atoms with Gasteiger partial charge in [0.2, 0.25) is 0 Å². The molecule has 4 nitrogen and oxygen atoms in total. The van der Waals surface area contributed by atoms with Crippen LogP contribution in [0.1, 0.15) is 27.7 Å². The van der Waals surface area contributed by atoms with Gasteiger partial charge in [0.25, 0.3) is 0 Å². The zero-order valence-corrected chi connectivity index (χ0v) is 12.8. The topological polar surface area (TPSA) is 47.9 Å². The van der Waals surface area contributed by atoms with Gasteiger partial charge in [0.05, 0.1) is 13.2 Å². The van der Waals surface area contributed by atoms with E-state index in [0.29, 0.717) is 13.2 Å². The summed E-state index contributed by atoms with van der Waals surface area (Å²) in [6, 6.07) is 0. The van der Waals surface area contributed by atoms with Crippen LogP contribution in [0.25, 0.3) is 0 Å². The van der Waals surface area contributed by atoms with Gasteiger partial charge in [-0.25, -0.2) is 0 Å². The molecule has 1 heterocycles. The van der Waals surface area contributed by atoms with Crippen molar-refractivity contribution >= 4 is 8.32 Å². The second-order valence-electron chi connectivity index (χ2n) is 6.21. The largest absolute Gasteiger partial charge is 0.414 e. The van der Waals surface area contributed by atoms with Gasteiger partial charge in [-0.1, -0.05) is 20.8 Å². The van der Waals surface area contributed by atoms with E-state index in [9.17, 15) is 5.11 Å². The number of hydrogen-bond acceptors (Lipinski definition) is 4. The normalized spacial score (nSPS) is 31.6. The lowest BCUT2D eigenvalue weighted by molar-refractivity contribution is -0.249. The Morgan fingerprint density at radius 3 is 2.47 bits per heavy atom. The Morgan fingerprint density at radius 2 is 1.94 bits per heavy atom. The van der Waals surface area contributed by atoms with E-state index >= 15 is 0 Å². The number of aliphatic hydroxyl groups is 1. The molecule has 0 aliphatic carbocycles. The van der Waals surface area contributed by atoms with Crippen molar-refractivity contribution in [2.45, 2.75) is 64.3 Å². The van der Waals surface area contributed by atoms with Crippen LogP contribution in [-0.4, -0.2) is 45.1 Å². The molecule has 0 aromatic carbocycles. The zero-order valence-electron chi connectivity index (χ0n) is 11.8. The van der Waals surface area contributed by atoms with Crippen LogP contribution in [0.15, 0.2) is 0 Å². The molecule has 0 bridgehead atoms. The summed E-state index contributed by atoms with van der Waals surface area (Å²) >= 11 is 0. The first-order chi connectivity index (χ1) is 7.63. The molecule has 0 amide bonds. The number of rotatable bonds is 3. The zero-order chi connectivity index (χ0) is 13.3. The quantitative estimate of drug-likeness (QED) is 0.792. The highest BCUT2D eigenvalue weighted by Gasteiger charge is 2.39. The molecule has 0 radical (unpaired) electrons. The summed E-state index contributed by atoms with van der Waals surface area (Å²) < 4.78 is 16.8. The van der Waals surface area contributed by atoms with E-state index in [-0.39, 0.29) is 17.4 Å². The van der Waals surface area contributed by atoms with Crippen LogP contribution in [-0.2, 0) is 13.9 Å². The monoisotopic (exact) mass is 262 g/mol. The molecular weight excluding hydrogens is 236 g/mol. The lowest BCUT2D eigenvalue weighted by Gasteiger charge is -2.39. The maximum atomic E-state index is 9.77. The molecule has 1 fully saturated rings. The van der Waals surface area contributed by atoms with Crippen LogP contribution in [0, 0.1) is 0 Å². The van der Waals surface area contributed by atoms with E-state index in [4.69, 9.17) is 13.9 Å². The highest BCUT2D eigenvalue weighted by atomic mass is 28.4. The van der Waals surface area contributed by atoms with E-state index < -0.39 is 14.4 Å². The van der Waals surface area contributed by atoms with E-state index in [2.05, 4.69) is 33.9 Å². The first kappa shape index (κ1) is 15.1. The summed E-state index contributed by atoms with van der Waals surface area (Å²) in [5, 5.41) is 9.95. The van der Waals surface area contributed by atoms with Gasteiger partial charge in [-0.05, 0) is 25.1 Å². The minimum Gasteiger partial charge on any atom is -0.414 e. The minimum absolute atomic E-state index is 0.175. The molecule has 5 heteroatoms.